The number of nitrogens with one attached hydrogen (secondary N) is 1. The maximum atomic E-state index is 11.0. The van der Waals surface area contributed by atoms with E-state index in [0.717, 1.165) is 32.1 Å². The van der Waals surface area contributed by atoms with E-state index in [1.165, 1.54) is 26.4 Å². The quantitative estimate of drug-likeness (QED) is 0.556. The molecule has 2 atom stereocenters. The average Bonchev–Trinajstić information content (AvgIpc) is 2.47. The Morgan fingerprint density at radius 1 is 1.40 bits per heavy atom. The third-order valence-corrected chi connectivity index (χ3v) is 4.02. The number of methoxy groups -OCH3 is 1. The molecule has 0 aromatic carbocycles. The van der Waals surface area contributed by atoms with Gasteiger partial charge in [0.15, 0.2) is 0 Å². The van der Waals surface area contributed by atoms with Crippen LogP contribution in [0.25, 0.3) is 0 Å². The van der Waals surface area contributed by atoms with Crippen LogP contribution in [-0.2, 0) is 4.74 Å². The average molecular weight is 283 g/mol. The lowest BCUT2D eigenvalue weighted by molar-refractivity contribution is 0.125. The molecular weight excluding hydrogens is 254 g/mol. The smallest absolute Gasteiger partial charge is 0.407 e. The first-order valence-corrected chi connectivity index (χ1v) is 7.82. The van der Waals surface area contributed by atoms with Crippen molar-refractivity contribution in [1.82, 2.24) is 5.32 Å². The molecule has 0 aromatic rings. The lowest BCUT2D eigenvalue weighted by atomic mass is 9.85. The van der Waals surface area contributed by atoms with Crippen molar-refractivity contribution in [2.45, 2.75) is 70.4 Å². The molecule has 0 unspecified atom stereocenters. The highest BCUT2D eigenvalue weighted by atomic mass is 16.5. The number of alkyl carbamates (subject to hydrolysis) is 1. The largest absolute Gasteiger partial charge is 0.453 e. The molecule has 2 N–H and O–H groups in total. The van der Waals surface area contributed by atoms with E-state index in [9.17, 15) is 9.90 Å². The number of unbranched alkanes of at least 4 members (excludes halogenated alkanes) is 1. The van der Waals surface area contributed by atoms with Crippen LogP contribution in [0.4, 0.5) is 4.79 Å². The molecule has 4 nitrogen and oxygen atoms in total. The Morgan fingerprint density at radius 3 is 2.75 bits per heavy atom. The lowest BCUT2D eigenvalue weighted by Crippen LogP contribution is -2.32. The summed E-state index contributed by atoms with van der Waals surface area (Å²) in [5.41, 5.74) is 0. The second-order valence-corrected chi connectivity index (χ2v) is 5.78. The van der Waals surface area contributed by atoms with Crippen LogP contribution in [-0.4, -0.2) is 30.5 Å². The van der Waals surface area contributed by atoms with Gasteiger partial charge in [-0.15, -0.1) is 0 Å². The minimum atomic E-state index is -0.374. The van der Waals surface area contributed by atoms with Crippen molar-refractivity contribution in [3.8, 4) is 0 Å². The minimum absolute atomic E-state index is 0.124. The van der Waals surface area contributed by atoms with Crippen molar-refractivity contribution < 1.29 is 14.6 Å². The minimum Gasteiger partial charge on any atom is -0.453 e. The van der Waals surface area contributed by atoms with Gasteiger partial charge in [-0.2, -0.15) is 0 Å². The molecule has 1 fully saturated rings. The van der Waals surface area contributed by atoms with E-state index in [-0.39, 0.29) is 18.2 Å². The summed E-state index contributed by atoms with van der Waals surface area (Å²) in [5, 5.41) is 12.8. The van der Waals surface area contributed by atoms with Crippen molar-refractivity contribution in [2.75, 3.05) is 7.11 Å². The fraction of sp³-hybridized carbons (Fsp3) is 0.812. The van der Waals surface area contributed by atoms with Gasteiger partial charge in [-0.3, -0.25) is 0 Å². The molecule has 0 spiro atoms. The van der Waals surface area contributed by atoms with Crippen LogP contribution in [0.2, 0.25) is 0 Å². The first kappa shape index (κ1) is 17.0. The van der Waals surface area contributed by atoms with Gasteiger partial charge in [-0.25, -0.2) is 4.79 Å². The molecule has 0 aliphatic heterocycles. The molecule has 116 valence electrons. The third kappa shape index (κ3) is 6.94. The number of aliphatic hydroxyl groups excluding tert-OH is 1. The molecule has 4 heteroatoms. The van der Waals surface area contributed by atoms with Gasteiger partial charge < -0.3 is 15.2 Å². The monoisotopic (exact) mass is 283 g/mol. The number of carbonyl (C=O) groups is 1. The van der Waals surface area contributed by atoms with Crippen LogP contribution >= 0.6 is 0 Å². The molecular formula is C16H29NO3. The molecule has 0 heterocycles. The number of amides is 1. The van der Waals surface area contributed by atoms with Gasteiger partial charge in [-0.05, 0) is 44.9 Å². The summed E-state index contributed by atoms with van der Waals surface area (Å²) in [5.74, 6) is 0.458. The summed E-state index contributed by atoms with van der Waals surface area (Å²) in [6.45, 7) is 1.97. The van der Waals surface area contributed by atoms with Gasteiger partial charge in [0.05, 0.1) is 13.2 Å². The van der Waals surface area contributed by atoms with Gasteiger partial charge >= 0.3 is 6.09 Å². The summed E-state index contributed by atoms with van der Waals surface area (Å²) in [6, 6.07) is 0.124. The molecule has 1 aliphatic carbocycles. The highest BCUT2D eigenvalue weighted by molar-refractivity contribution is 5.67. The molecule has 0 aromatic heterocycles. The standard InChI is InChI=1S/C16H29NO3/c1-13(17-16(19)20-2)9-5-3-8-12-15(18)14-10-6-4-7-11-14/h8,12-15,18H,3-7,9-11H2,1-2H3,(H,17,19)/b12-8+/t13-,15+/m1/s1. The van der Waals surface area contributed by atoms with E-state index in [4.69, 9.17) is 0 Å². The fourth-order valence-electron chi connectivity index (χ4n) is 2.74. The first-order valence-electron chi connectivity index (χ1n) is 7.82. The highest BCUT2D eigenvalue weighted by Crippen LogP contribution is 2.26. The van der Waals surface area contributed by atoms with Crippen molar-refractivity contribution in [3.63, 3.8) is 0 Å². The molecule has 0 radical (unpaired) electrons. The predicted octanol–water partition coefficient (Wildman–Crippen LogP) is 3.40. The molecule has 1 aliphatic rings. The number of hydrogen-bond acceptors (Lipinski definition) is 3. The van der Waals surface area contributed by atoms with Crippen molar-refractivity contribution in [2.24, 2.45) is 5.92 Å². The number of hydrogen-bond donors (Lipinski definition) is 2. The molecule has 1 amide bonds. The highest BCUT2D eigenvalue weighted by Gasteiger charge is 2.19. The summed E-state index contributed by atoms with van der Waals surface area (Å²) in [6.07, 6.45) is 12.4. The Bertz CT molecular complexity index is 298. The lowest BCUT2D eigenvalue weighted by Gasteiger charge is -2.24. The zero-order chi connectivity index (χ0) is 14.8. The fourth-order valence-corrected chi connectivity index (χ4v) is 2.74. The molecule has 0 bridgehead atoms. The zero-order valence-electron chi connectivity index (χ0n) is 12.8. The number of carbonyl (C=O) groups excluding carboxylic acids is 1. The van der Waals surface area contributed by atoms with E-state index >= 15 is 0 Å². The zero-order valence-corrected chi connectivity index (χ0v) is 12.8. The predicted molar refractivity (Wildman–Crippen MR) is 80.6 cm³/mol. The summed E-state index contributed by atoms with van der Waals surface area (Å²) >= 11 is 0. The Kier molecular flexibility index (Phi) is 8.35. The number of ether oxygens (including phenoxy) is 1. The van der Waals surface area contributed by atoms with Crippen LogP contribution in [0.3, 0.4) is 0 Å². The summed E-state index contributed by atoms with van der Waals surface area (Å²) in [4.78, 5) is 11.0. The van der Waals surface area contributed by atoms with E-state index in [1.54, 1.807) is 0 Å². The number of allylic oxidation sites excluding steroid dienone is 1. The van der Waals surface area contributed by atoms with Crippen LogP contribution in [0, 0.1) is 5.92 Å². The second-order valence-electron chi connectivity index (χ2n) is 5.78. The van der Waals surface area contributed by atoms with Crippen LogP contribution < -0.4 is 5.32 Å². The molecule has 0 saturated heterocycles. The Balaban J connectivity index is 2.10. The maximum absolute atomic E-state index is 11.0. The molecule has 1 rings (SSSR count). The number of aliphatic hydroxyl groups is 1. The number of rotatable bonds is 7. The molecule has 1 saturated carbocycles. The van der Waals surface area contributed by atoms with Gasteiger partial charge in [-0.1, -0.05) is 31.4 Å². The van der Waals surface area contributed by atoms with Crippen molar-refractivity contribution >= 4 is 6.09 Å². The van der Waals surface area contributed by atoms with Crippen LogP contribution in [0.1, 0.15) is 58.3 Å². The van der Waals surface area contributed by atoms with Crippen molar-refractivity contribution in [1.29, 1.82) is 0 Å². The van der Waals surface area contributed by atoms with E-state index < -0.39 is 0 Å². The Labute approximate surface area is 122 Å². The summed E-state index contributed by atoms with van der Waals surface area (Å²) < 4.78 is 4.55. The SMILES string of the molecule is COC(=O)N[C@H](C)CCC/C=C/[C@H](O)C1CCCCC1. The third-order valence-electron chi connectivity index (χ3n) is 4.02. The van der Waals surface area contributed by atoms with Gasteiger partial charge in [0.1, 0.15) is 0 Å². The van der Waals surface area contributed by atoms with E-state index in [2.05, 4.69) is 16.1 Å². The van der Waals surface area contributed by atoms with Gasteiger partial charge in [0.2, 0.25) is 0 Å². The topological polar surface area (TPSA) is 58.6 Å². The van der Waals surface area contributed by atoms with Crippen molar-refractivity contribution in [3.05, 3.63) is 12.2 Å². The van der Waals surface area contributed by atoms with Gasteiger partial charge in [0, 0.05) is 6.04 Å². The second kappa shape index (κ2) is 9.81. The van der Waals surface area contributed by atoms with Crippen LogP contribution in [0.15, 0.2) is 12.2 Å². The molecule has 20 heavy (non-hydrogen) atoms. The normalized spacial score (nSPS) is 19.8. The van der Waals surface area contributed by atoms with Crippen LogP contribution in [0.5, 0.6) is 0 Å². The van der Waals surface area contributed by atoms with Gasteiger partial charge in [0.25, 0.3) is 0 Å². The Hall–Kier alpha value is -1.03. The first-order chi connectivity index (χ1) is 9.63. The van der Waals surface area contributed by atoms with E-state index in [1.807, 2.05) is 13.0 Å². The Morgan fingerprint density at radius 2 is 2.10 bits per heavy atom. The van der Waals surface area contributed by atoms with E-state index in [0.29, 0.717) is 5.92 Å². The maximum Gasteiger partial charge on any atom is 0.407 e. The summed E-state index contributed by atoms with van der Waals surface area (Å²) in [7, 11) is 1.37.